The van der Waals surface area contributed by atoms with Crippen molar-refractivity contribution in [1.82, 2.24) is 29.4 Å². The Labute approximate surface area is 149 Å². The summed E-state index contributed by atoms with van der Waals surface area (Å²) in [7, 11) is 0. The van der Waals surface area contributed by atoms with Crippen LogP contribution in [0.3, 0.4) is 0 Å². The molecule has 1 N–H and O–H groups in total. The zero-order chi connectivity index (χ0) is 19.3. The summed E-state index contributed by atoms with van der Waals surface area (Å²) in [5.74, 6) is -0.279. The van der Waals surface area contributed by atoms with E-state index in [1.165, 1.54) is 12.1 Å². The van der Waals surface area contributed by atoms with Crippen molar-refractivity contribution in [2.24, 2.45) is 0 Å². The number of benzene rings is 1. The van der Waals surface area contributed by atoms with Crippen LogP contribution in [0.4, 0.5) is 13.2 Å². The molecule has 4 aromatic rings. The van der Waals surface area contributed by atoms with Crippen LogP contribution in [0, 0.1) is 0 Å². The Bertz CT molecular complexity index is 1200. The van der Waals surface area contributed by atoms with Gasteiger partial charge < -0.3 is 9.72 Å². The second-order valence-corrected chi connectivity index (χ2v) is 6.13. The average Bonchev–Trinajstić information content (AvgIpc) is 3.21. The molecule has 0 saturated heterocycles. The van der Waals surface area contributed by atoms with E-state index in [-0.39, 0.29) is 28.4 Å². The molecule has 0 radical (unpaired) electrons. The van der Waals surface area contributed by atoms with Crippen LogP contribution in [-0.2, 0) is 0 Å². The van der Waals surface area contributed by atoms with Gasteiger partial charge in [-0.3, -0.25) is 4.68 Å². The van der Waals surface area contributed by atoms with Crippen LogP contribution in [0.15, 0.2) is 35.4 Å². The number of aromatic amines is 1. The molecule has 0 bridgehead atoms. The highest BCUT2D eigenvalue weighted by molar-refractivity contribution is 5.95. The average molecular weight is 378 g/mol. The Hall–Kier alpha value is -3.37. The molecule has 140 valence electrons. The standard InChI is InChI=1S/C16H13F3N6O2/c1-8(2)24-7-9(6-20-24)13-22-14-10-4-3-5-11(27-16(17,18)19)12(10)21-15(26)25(14)23-13/h3-8H,1-2H3,(H,21,26). The molecule has 8 nitrogen and oxygen atoms in total. The molecule has 4 rings (SSSR count). The van der Waals surface area contributed by atoms with Gasteiger partial charge in [-0.1, -0.05) is 6.07 Å². The number of rotatable bonds is 3. The molecule has 0 amide bonds. The summed E-state index contributed by atoms with van der Waals surface area (Å²) in [5.41, 5.74) is -0.133. The van der Waals surface area contributed by atoms with Crippen LogP contribution in [-0.4, -0.2) is 35.7 Å². The monoisotopic (exact) mass is 378 g/mol. The SMILES string of the molecule is CC(C)n1cc(-c2nc3c4cccc(OC(F)(F)F)c4[nH]c(=O)n3n2)cn1. The maximum absolute atomic E-state index is 12.6. The molecule has 3 aromatic heterocycles. The third-order valence-corrected chi connectivity index (χ3v) is 3.91. The number of nitrogens with one attached hydrogen (secondary N) is 1. The van der Waals surface area contributed by atoms with Crippen molar-refractivity contribution in [2.75, 3.05) is 0 Å². The number of alkyl halides is 3. The fraction of sp³-hybridized carbons (Fsp3) is 0.250. The number of halogens is 3. The van der Waals surface area contributed by atoms with Crippen LogP contribution < -0.4 is 10.4 Å². The van der Waals surface area contributed by atoms with Crippen LogP contribution in [0.5, 0.6) is 5.75 Å². The smallest absolute Gasteiger partial charge is 0.404 e. The molecule has 11 heteroatoms. The number of nitrogens with zero attached hydrogens (tertiary/aromatic N) is 5. The second-order valence-electron chi connectivity index (χ2n) is 6.13. The Morgan fingerprint density at radius 2 is 2.04 bits per heavy atom. The highest BCUT2D eigenvalue weighted by atomic mass is 19.4. The van der Waals surface area contributed by atoms with Gasteiger partial charge in [-0.25, -0.2) is 9.78 Å². The Balaban J connectivity index is 1.92. The van der Waals surface area contributed by atoms with E-state index in [9.17, 15) is 18.0 Å². The number of H-pyrrole nitrogens is 1. The molecule has 0 spiro atoms. The zero-order valence-corrected chi connectivity index (χ0v) is 14.2. The van der Waals surface area contributed by atoms with E-state index in [0.717, 1.165) is 10.6 Å². The number of hydrogen-bond donors (Lipinski definition) is 1. The normalized spacial score (nSPS) is 12.4. The van der Waals surface area contributed by atoms with Gasteiger partial charge in [0.15, 0.2) is 17.2 Å². The van der Waals surface area contributed by atoms with E-state index >= 15 is 0 Å². The highest BCUT2D eigenvalue weighted by Crippen LogP contribution is 2.30. The van der Waals surface area contributed by atoms with E-state index in [2.05, 4.69) is 24.9 Å². The van der Waals surface area contributed by atoms with Gasteiger partial charge in [-0.15, -0.1) is 18.3 Å². The molecule has 0 aliphatic rings. The minimum absolute atomic E-state index is 0.107. The molecule has 1 aromatic carbocycles. The molecule has 0 fully saturated rings. The van der Waals surface area contributed by atoms with Crippen molar-refractivity contribution in [2.45, 2.75) is 26.3 Å². The molecular weight excluding hydrogens is 365 g/mol. The van der Waals surface area contributed by atoms with Gasteiger partial charge in [-0.05, 0) is 26.0 Å². The first-order valence-electron chi connectivity index (χ1n) is 7.95. The number of ether oxygens (including phenoxy) is 1. The van der Waals surface area contributed by atoms with Gasteiger partial charge in [0.1, 0.15) is 0 Å². The minimum atomic E-state index is -4.89. The zero-order valence-electron chi connectivity index (χ0n) is 14.2. The van der Waals surface area contributed by atoms with E-state index < -0.39 is 17.8 Å². The van der Waals surface area contributed by atoms with Gasteiger partial charge in [0, 0.05) is 17.6 Å². The topological polar surface area (TPSA) is 90.1 Å². The van der Waals surface area contributed by atoms with E-state index in [1.54, 1.807) is 17.1 Å². The lowest BCUT2D eigenvalue weighted by molar-refractivity contribution is -0.274. The summed E-state index contributed by atoms with van der Waals surface area (Å²) in [6, 6.07) is 4.15. The summed E-state index contributed by atoms with van der Waals surface area (Å²) in [6.07, 6.45) is -1.60. The lowest BCUT2D eigenvalue weighted by Crippen LogP contribution is -2.20. The lowest BCUT2D eigenvalue weighted by Gasteiger charge is -2.10. The van der Waals surface area contributed by atoms with E-state index in [4.69, 9.17) is 0 Å². The van der Waals surface area contributed by atoms with Crippen LogP contribution in [0.25, 0.3) is 27.9 Å². The molecule has 0 atom stereocenters. The second kappa shape index (κ2) is 5.83. The van der Waals surface area contributed by atoms with Gasteiger partial charge in [-0.2, -0.15) is 9.61 Å². The highest BCUT2D eigenvalue weighted by Gasteiger charge is 2.32. The lowest BCUT2D eigenvalue weighted by atomic mass is 10.2. The summed E-state index contributed by atoms with van der Waals surface area (Å²) in [5, 5.41) is 8.62. The molecular formula is C16H13F3N6O2. The first-order valence-corrected chi connectivity index (χ1v) is 7.95. The van der Waals surface area contributed by atoms with Gasteiger partial charge in [0.05, 0.1) is 17.3 Å². The van der Waals surface area contributed by atoms with Crippen LogP contribution in [0.1, 0.15) is 19.9 Å². The van der Waals surface area contributed by atoms with Crippen LogP contribution in [0.2, 0.25) is 0 Å². The number of para-hydroxylation sites is 1. The van der Waals surface area contributed by atoms with Crippen molar-refractivity contribution in [3.8, 4) is 17.1 Å². The Morgan fingerprint density at radius 3 is 2.70 bits per heavy atom. The van der Waals surface area contributed by atoms with Crippen molar-refractivity contribution in [1.29, 1.82) is 0 Å². The first-order chi connectivity index (χ1) is 12.7. The number of aromatic nitrogens is 6. The Morgan fingerprint density at radius 1 is 1.26 bits per heavy atom. The molecule has 0 aliphatic carbocycles. The fourth-order valence-electron chi connectivity index (χ4n) is 2.70. The maximum Gasteiger partial charge on any atom is 0.573 e. The first kappa shape index (κ1) is 17.1. The molecule has 3 heterocycles. The van der Waals surface area contributed by atoms with Gasteiger partial charge >= 0.3 is 12.1 Å². The largest absolute Gasteiger partial charge is 0.573 e. The Kier molecular flexibility index (Phi) is 3.68. The molecule has 0 unspecified atom stereocenters. The summed E-state index contributed by atoms with van der Waals surface area (Å²) >= 11 is 0. The molecule has 27 heavy (non-hydrogen) atoms. The van der Waals surface area contributed by atoms with E-state index in [1.807, 2.05) is 13.8 Å². The van der Waals surface area contributed by atoms with Crippen LogP contribution >= 0.6 is 0 Å². The summed E-state index contributed by atoms with van der Waals surface area (Å²) in [6.45, 7) is 3.91. The summed E-state index contributed by atoms with van der Waals surface area (Å²) < 4.78 is 44.6. The third-order valence-electron chi connectivity index (χ3n) is 3.91. The van der Waals surface area contributed by atoms with Crippen molar-refractivity contribution >= 4 is 16.6 Å². The summed E-state index contributed by atoms with van der Waals surface area (Å²) in [4.78, 5) is 19.0. The maximum atomic E-state index is 12.6. The predicted molar refractivity (Wildman–Crippen MR) is 89.4 cm³/mol. The minimum Gasteiger partial charge on any atom is -0.404 e. The van der Waals surface area contributed by atoms with Gasteiger partial charge in [0.2, 0.25) is 0 Å². The third kappa shape index (κ3) is 3.00. The quantitative estimate of drug-likeness (QED) is 0.592. The fourth-order valence-corrected chi connectivity index (χ4v) is 2.70. The van der Waals surface area contributed by atoms with E-state index in [0.29, 0.717) is 5.56 Å². The number of hydrogen-bond acceptors (Lipinski definition) is 5. The number of fused-ring (bicyclic) bond motifs is 3. The molecule has 0 saturated carbocycles. The van der Waals surface area contributed by atoms with Gasteiger partial charge in [0.25, 0.3) is 0 Å². The van der Waals surface area contributed by atoms with Crippen molar-refractivity contribution in [3.05, 3.63) is 41.1 Å². The van der Waals surface area contributed by atoms with Crippen molar-refractivity contribution in [3.63, 3.8) is 0 Å². The predicted octanol–water partition coefficient (Wildman–Crippen LogP) is 2.91. The van der Waals surface area contributed by atoms with Crippen molar-refractivity contribution < 1.29 is 17.9 Å². The molecule has 0 aliphatic heterocycles.